The summed E-state index contributed by atoms with van der Waals surface area (Å²) in [7, 11) is 3.35. The van der Waals surface area contributed by atoms with E-state index in [1.807, 2.05) is 30.3 Å². The Hall–Kier alpha value is -2.94. The highest BCUT2D eigenvalue weighted by atomic mass is 16.5. The van der Waals surface area contributed by atoms with Crippen LogP contribution in [0.2, 0.25) is 0 Å². The molecular weight excluding hydrogens is 310 g/mol. The van der Waals surface area contributed by atoms with Gasteiger partial charge in [0.25, 0.3) is 0 Å². The van der Waals surface area contributed by atoms with Crippen LogP contribution in [0.15, 0.2) is 78.9 Å². The maximum absolute atomic E-state index is 5.40. The van der Waals surface area contributed by atoms with Gasteiger partial charge in [-0.05, 0) is 41.8 Å². The minimum atomic E-state index is 0.153. The fraction of sp³-hybridized carbons (Fsp3) is 0.182. The van der Waals surface area contributed by atoms with Crippen molar-refractivity contribution < 1.29 is 9.47 Å². The molecule has 0 bridgehead atoms. The first-order chi connectivity index (χ1) is 12.3. The van der Waals surface area contributed by atoms with E-state index < -0.39 is 0 Å². The first-order valence-electron chi connectivity index (χ1n) is 8.37. The lowest BCUT2D eigenvalue weighted by Crippen LogP contribution is -2.13. The standard InChI is InChI=1S/C22H23NO2/c1-24-20-13-17(14-21(16-20)25-2)15-22(18-9-5-3-6-10-18)23-19-11-7-4-8-12-19/h3-14,16,22-23H,15H2,1-2H3. The Morgan fingerprint density at radius 1 is 0.760 bits per heavy atom. The molecule has 25 heavy (non-hydrogen) atoms. The van der Waals surface area contributed by atoms with Crippen molar-refractivity contribution in [1.29, 1.82) is 0 Å². The van der Waals surface area contributed by atoms with Crippen molar-refractivity contribution in [2.45, 2.75) is 12.5 Å². The van der Waals surface area contributed by atoms with Gasteiger partial charge in [0, 0.05) is 11.8 Å². The molecule has 1 unspecified atom stereocenters. The third-order valence-electron chi connectivity index (χ3n) is 4.17. The number of anilines is 1. The topological polar surface area (TPSA) is 30.5 Å². The Morgan fingerprint density at radius 3 is 1.88 bits per heavy atom. The van der Waals surface area contributed by atoms with Crippen LogP contribution in [-0.4, -0.2) is 14.2 Å². The fourth-order valence-electron chi connectivity index (χ4n) is 2.89. The third kappa shape index (κ3) is 4.54. The molecule has 128 valence electrons. The van der Waals surface area contributed by atoms with Gasteiger partial charge in [0.05, 0.1) is 20.3 Å². The normalized spacial score (nSPS) is 11.6. The molecule has 0 spiro atoms. The van der Waals surface area contributed by atoms with E-state index in [4.69, 9.17) is 9.47 Å². The van der Waals surface area contributed by atoms with Crippen LogP contribution in [-0.2, 0) is 6.42 Å². The van der Waals surface area contributed by atoms with E-state index in [-0.39, 0.29) is 6.04 Å². The molecule has 3 heteroatoms. The number of benzene rings is 3. The first-order valence-corrected chi connectivity index (χ1v) is 8.37. The van der Waals surface area contributed by atoms with Crippen LogP contribution < -0.4 is 14.8 Å². The minimum Gasteiger partial charge on any atom is -0.497 e. The Labute approximate surface area is 149 Å². The van der Waals surface area contributed by atoms with Gasteiger partial charge >= 0.3 is 0 Å². The maximum atomic E-state index is 5.40. The minimum absolute atomic E-state index is 0.153. The van der Waals surface area contributed by atoms with Gasteiger partial charge < -0.3 is 14.8 Å². The van der Waals surface area contributed by atoms with Gasteiger partial charge in [-0.3, -0.25) is 0 Å². The zero-order chi connectivity index (χ0) is 17.5. The number of rotatable bonds is 7. The highest BCUT2D eigenvalue weighted by Crippen LogP contribution is 2.28. The second-order valence-corrected chi connectivity index (χ2v) is 5.90. The van der Waals surface area contributed by atoms with Crippen molar-refractivity contribution in [1.82, 2.24) is 0 Å². The van der Waals surface area contributed by atoms with E-state index in [9.17, 15) is 0 Å². The quantitative estimate of drug-likeness (QED) is 0.652. The summed E-state index contributed by atoms with van der Waals surface area (Å²) in [4.78, 5) is 0. The molecule has 3 rings (SSSR count). The van der Waals surface area contributed by atoms with Gasteiger partial charge in [-0.1, -0.05) is 48.5 Å². The van der Waals surface area contributed by atoms with Crippen LogP contribution in [0.4, 0.5) is 5.69 Å². The van der Waals surface area contributed by atoms with Crippen molar-refractivity contribution in [3.63, 3.8) is 0 Å². The number of para-hydroxylation sites is 1. The van der Waals surface area contributed by atoms with Gasteiger partial charge in [-0.2, -0.15) is 0 Å². The van der Waals surface area contributed by atoms with Crippen molar-refractivity contribution in [3.05, 3.63) is 90.0 Å². The van der Waals surface area contributed by atoms with Gasteiger partial charge in [0.2, 0.25) is 0 Å². The van der Waals surface area contributed by atoms with E-state index in [1.54, 1.807) is 14.2 Å². The van der Waals surface area contributed by atoms with E-state index in [0.29, 0.717) is 0 Å². The monoisotopic (exact) mass is 333 g/mol. The highest BCUT2D eigenvalue weighted by molar-refractivity contribution is 5.46. The molecular formula is C22H23NO2. The molecule has 0 saturated carbocycles. The zero-order valence-corrected chi connectivity index (χ0v) is 14.6. The Kier molecular flexibility index (Phi) is 5.57. The predicted molar refractivity (Wildman–Crippen MR) is 102 cm³/mol. The van der Waals surface area contributed by atoms with Crippen molar-refractivity contribution in [3.8, 4) is 11.5 Å². The summed E-state index contributed by atoms with van der Waals surface area (Å²) in [5, 5.41) is 3.64. The molecule has 0 heterocycles. The second-order valence-electron chi connectivity index (χ2n) is 5.90. The number of methoxy groups -OCH3 is 2. The molecule has 3 nitrogen and oxygen atoms in total. The van der Waals surface area contributed by atoms with E-state index in [2.05, 4.69) is 53.8 Å². The number of nitrogens with one attached hydrogen (secondary N) is 1. The van der Waals surface area contributed by atoms with Crippen LogP contribution in [0.5, 0.6) is 11.5 Å². The van der Waals surface area contributed by atoms with Crippen LogP contribution in [0, 0.1) is 0 Å². The van der Waals surface area contributed by atoms with E-state index in [1.165, 1.54) is 5.56 Å². The second kappa shape index (κ2) is 8.25. The van der Waals surface area contributed by atoms with Crippen LogP contribution in [0.1, 0.15) is 17.2 Å². The predicted octanol–water partition coefficient (Wildman–Crippen LogP) is 5.10. The largest absolute Gasteiger partial charge is 0.497 e. The Bertz CT molecular complexity index is 765. The summed E-state index contributed by atoms with van der Waals surface area (Å²) in [6.07, 6.45) is 0.826. The average molecular weight is 333 g/mol. The lowest BCUT2D eigenvalue weighted by molar-refractivity contribution is 0.393. The van der Waals surface area contributed by atoms with E-state index >= 15 is 0 Å². The van der Waals surface area contributed by atoms with E-state index in [0.717, 1.165) is 29.2 Å². The molecule has 3 aromatic rings. The number of hydrogen-bond donors (Lipinski definition) is 1. The van der Waals surface area contributed by atoms with Gasteiger partial charge in [0.15, 0.2) is 0 Å². The molecule has 0 aromatic heterocycles. The molecule has 0 amide bonds. The molecule has 0 saturated heterocycles. The number of hydrogen-bond acceptors (Lipinski definition) is 3. The smallest absolute Gasteiger partial charge is 0.122 e. The van der Waals surface area contributed by atoms with Gasteiger partial charge in [-0.15, -0.1) is 0 Å². The SMILES string of the molecule is COc1cc(CC(Nc2ccccc2)c2ccccc2)cc(OC)c1. The molecule has 3 aromatic carbocycles. The fourth-order valence-corrected chi connectivity index (χ4v) is 2.89. The van der Waals surface area contributed by atoms with Crippen LogP contribution in [0.3, 0.4) is 0 Å². The van der Waals surface area contributed by atoms with Crippen LogP contribution in [0.25, 0.3) is 0 Å². The summed E-state index contributed by atoms with van der Waals surface area (Å²) in [6.45, 7) is 0. The molecule has 0 fully saturated rings. The third-order valence-corrected chi connectivity index (χ3v) is 4.17. The lowest BCUT2D eigenvalue weighted by atomic mass is 9.98. The summed E-state index contributed by atoms with van der Waals surface area (Å²) >= 11 is 0. The van der Waals surface area contributed by atoms with Crippen molar-refractivity contribution >= 4 is 5.69 Å². The summed E-state index contributed by atoms with van der Waals surface area (Å²) in [6, 6.07) is 26.9. The lowest BCUT2D eigenvalue weighted by Gasteiger charge is -2.21. The highest BCUT2D eigenvalue weighted by Gasteiger charge is 2.14. The average Bonchev–Trinajstić information content (AvgIpc) is 2.68. The number of ether oxygens (including phenoxy) is 2. The summed E-state index contributed by atoms with van der Waals surface area (Å²) in [5.74, 6) is 1.61. The Morgan fingerprint density at radius 2 is 1.32 bits per heavy atom. The van der Waals surface area contributed by atoms with Crippen molar-refractivity contribution in [2.75, 3.05) is 19.5 Å². The molecule has 0 aliphatic rings. The maximum Gasteiger partial charge on any atom is 0.122 e. The molecule has 1 atom stereocenters. The zero-order valence-electron chi connectivity index (χ0n) is 14.6. The molecule has 1 N–H and O–H groups in total. The Balaban J connectivity index is 1.90. The van der Waals surface area contributed by atoms with Crippen molar-refractivity contribution in [2.24, 2.45) is 0 Å². The molecule has 0 radical (unpaired) electrons. The molecule has 0 aliphatic heterocycles. The van der Waals surface area contributed by atoms with Gasteiger partial charge in [0.1, 0.15) is 11.5 Å². The van der Waals surface area contributed by atoms with Gasteiger partial charge in [-0.25, -0.2) is 0 Å². The first kappa shape index (κ1) is 16.9. The molecule has 0 aliphatic carbocycles. The summed E-state index contributed by atoms with van der Waals surface area (Å²) in [5.41, 5.74) is 3.51. The summed E-state index contributed by atoms with van der Waals surface area (Å²) < 4.78 is 10.8. The van der Waals surface area contributed by atoms with Crippen LogP contribution >= 0.6 is 0 Å².